The van der Waals surface area contributed by atoms with Crippen molar-refractivity contribution in [3.63, 3.8) is 0 Å². The van der Waals surface area contributed by atoms with Crippen LogP contribution >= 0.6 is 23.2 Å². The van der Waals surface area contributed by atoms with Gasteiger partial charge in [0, 0.05) is 49.0 Å². The van der Waals surface area contributed by atoms with E-state index in [1.807, 2.05) is 36.4 Å². The maximum Gasteiger partial charge on any atom is 0.145 e. The molecule has 0 bridgehead atoms. The van der Waals surface area contributed by atoms with E-state index in [4.69, 9.17) is 33.2 Å². The molecule has 4 rings (SSSR count). The third-order valence-electron chi connectivity index (χ3n) is 7.01. The molecule has 7 heteroatoms. The number of fused-ring (bicyclic) bond motifs is 1. The van der Waals surface area contributed by atoms with Crippen molar-refractivity contribution in [1.82, 2.24) is 19.8 Å². The second-order valence-corrected chi connectivity index (χ2v) is 11.1. The first-order valence-corrected chi connectivity index (χ1v) is 14.7. The largest absolute Gasteiger partial charge is 0.369 e. The third kappa shape index (κ3) is 8.15. The summed E-state index contributed by atoms with van der Waals surface area (Å²) in [7, 11) is 0. The Morgan fingerprint density at radius 2 is 1.79 bits per heavy atom. The van der Waals surface area contributed by atoms with Gasteiger partial charge in [-0.3, -0.25) is 9.80 Å². The number of alkyl halides is 1. The highest BCUT2D eigenvalue weighted by Gasteiger charge is 2.27. The van der Waals surface area contributed by atoms with Crippen LogP contribution in [0.4, 0.5) is 5.82 Å². The number of hydrogen-bond donors (Lipinski definition) is 1. The lowest BCUT2D eigenvalue weighted by Crippen LogP contribution is -2.47. The van der Waals surface area contributed by atoms with E-state index >= 15 is 0 Å². The van der Waals surface area contributed by atoms with E-state index in [9.17, 15) is 0 Å². The van der Waals surface area contributed by atoms with Crippen molar-refractivity contribution in [1.29, 1.82) is 0 Å². The van der Waals surface area contributed by atoms with Crippen LogP contribution in [-0.4, -0.2) is 58.4 Å². The minimum atomic E-state index is 0.0931. The Bertz CT molecular complexity index is 1280. The molecule has 2 aromatic carbocycles. The van der Waals surface area contributed by atoms with Gasteiger partial charge in [0.2, 0.25) is 0 Å². The second-order valence-electron chi connectivity index (χ2n) is 10.3. The van der Waals surface area contributed by atoms with E-state index in [2.05, 4.69) is 72.0 Å². The molecule has 1 aliphatic rings. The van der Waals surface area contributed by atoms with Crippen molar-refractivity contribution in [2.75, 3.05) is 43.9 Å². The smallest absolute Gasteiger partial charge is 0.145 e. The van der Waals surface area contributed by atoms with Gasteiger partial charge >= 0.3 is 0 Å². The molecule has 5 nitrogen and oxygen atoms in total. The number of para-hydroxylation sites is 1. The Morgan fingerprint density at radius 3 is 2.49 bits per heavy atom. The zero-order valence-electron chi connectivity index (χ0n) is 23.0. The number of piperazine rings is 1. The summed E-state index contributed by atoms with van der Waals surface area (Å²) in [5.74, 6) is 2.91. The minimum Gasteiger partial charge on any atom is -0.369 e. The van der Waals surface area contributed by atoms with Crippen LogP contribution in [0.15, 0.2) is 85.0 Å². The van der Waals surface area contributed by atoms with Gasteiger partial charge in [-0.1, -0.05) is 80.6 Å². The molecule has 1 aliphatic heterocycles. The summed E-state index contributed by atoms with van der Waals surface area (Å²) >= 11 is 12.2. The monoisotopic (exact) mass is 563 g/mol. The molecule has 1 aromatic heterocycles. The van der Waals surface area contributed by atoms with E-state index in [1.54, 1.807) is 0 Å². The van der Waals surface area contributed by atoms with E-state index in [-0.39, 0.29) is 6.04 Å². The molecule has 3 aromatic rings. The average molecular weight is 565 g/mol. The summed E-state index contributed by atoms with van der Waals surface area (Å²) in [6.45, 7) is 13.8. The molecular weight excluding hydrogens is 525 g/mol. The lowest BCUT2D eigenvalue weighted by molar-refractivity contribution is 0.103. The van der Waals surface area contributed by atoms with E-state index in [0.29, 0.717) is 11.8 Å². The fourth-order valence-corrected chi connectivity index (χ4v) is 5.22. The molecule has 0 aliphatic carbocycles. The number of aromatic nitrogens is 2. The van der Waals surface area contributed by atoms with Crippen LogP contribution in [0.5, 0.6) is 0 Å². The molecule has 0 radical (unpaired) electrons. The normalized spacial score (nSPS) is 16.3. The maximum atomic E-state index is 6.21. The predicted molar refractivity (Wildman–Crippen MR) is 167 cm³/mol. The van der Waals surface area contributed by atoms with E-state index < -0.39 is 0 Å². The average Bonchev–Trinajstić information content (AvgIpc) is 2.93. The summed E-state index contributed by atoms with van der Waals surface area (Å²) in [6.07, 6.45) is 9.12. The number of nitrogens with one attached hydrogen (secondary N) is 1. The van der Waals surface area contributed by atoms with Crippen molar-refractivity contribution in [2.45, 2.75) is 32.9 Å². The van der Waals surface area contributed by atoms with Crippen LogP contribution in [0.3, 0.4) is 0 Å². The van der Waals surface area contributed by atoms with E-state index in [1.165, 1.54) is 5.56 Å². The molecule has 39 heavy (non-hydrogen) atoms. The van der Waals surface area contributed by atoms with Crippen molar-refractivity contribution < 1.29 is 0 Å². The summed E-state index contributed by atoms with van der Waals surface area (Å²) in [5, 5.41) is 5.38. The maximum absolute atomic E-state index is 6.21. The number of anilines is 1. The molecule has 1 saturated heterocycles. The van der Waals surface area contributed by atoms with Crippen molar-refractivity contribution in [3.8, 4) is 0 Å². The van der Waals surface area contributed by atoms with Gasteiger partial charge in [0.25, 0.3) is 0 Å². The molecule has 1 fully saturated rings. The fraction of sp³-hybridized carbons (Fsp3) is 0.375. The lowest BCUT2D eigenvalue weighted by Gasteiger charge is -2.40. The molecular formula is C32H39Cl2N5. The first-order chi connectivity index (χ1) is 19.0. The van der Waals surface area contributed by atoms with Crippen LogP contribution in [0, 0.1) is 5.92 Å². The van der Waals surface area contributed by atoms with E-state index in [0.717, 1.165) is 78.8 Å². The summed E-state index contributed by atoms with van der Waals surface area (Å²) < 4.78 is 0. The lowest BCUT2D eigenvalue weighted by atomic mass is 9.95. The Morgan fingerprint density at radius 1 is 1.05 bits per heavy atom. The SMILES string of the molecule is C=C/C=C(\C=C/CCl)C(c1ccc(Cl)cc1)N1CCN(Cc2nc(NCCC(C)C)c3ccccc3n2)CC1. The van der Waals surface area contributed by atoms with Crippen LogP contribution < -0.4 is 5.32 Å². The van der Waals surface area contributed by atoms with Gasteiger partial charge in [-0.2, -0.15) is 0 Å². The first kappa shape index (κ1) is 29.3. The van der Waals surface area contributed by atoms with Crippen molar-refractivity contribution in [2.24, 2.45) is 5.92 Å². The standard InChI is InChI=1S/C32H39Cl2N5/c1-4-8-25(9-7-17-33)31(26-12-14-27(34)15-13-26)39-21-19-38(20-22-39)23-30-36-29-11-6-5-10-28(29)32(37-30)35-18-16-24(2)3/h4-15,24,31H,1,16-23H2,2-3H3,(H,35,36,37)/b9-7-,25-8+. The summed E-state index contributed by atoms with van der Waals surface area (Å²) in [5.41, 5.74) is 3.35. The van der Waals surface area contributed by atoms with Gasteiger partial charge in [-0.15, -0.1) is 11.6 Å². The number of nitrogens with zero attached hydrogens (tertiary/aromatic N) is 4. The Balaban J connectivity index is 1.50. The van der Waals surface area contributed by atoms with Gasteiger partial charge in [0.05, 0.1) is 18.1 Å². The number of rotatable bonds is 12. The highest BCUT2D eigenvalue weighted by molar-refractivity contribution is 6.30. The van der Waals surface area contributed by atoms with Gasteiger partial charge in [0.15, 0.2) is 0 Å². The molecule has 206 valence electrons. The molecule has 1 unspecified atom stereocenters. The number of hydrogen-bond acceptors (Lipinski definition) is 5. The predicted octanol–water partition coefficient (Wildman–Crippen LogP) is 7.51. The quantitative estimate of drug-likeness (QED) is 0.182. The fourth-order valence-electron chi connectivity index (χ4n) is 5.00. The zero-order valence-corrected chi connectivity index (χ0v) is 24.5. The molecule has 1 N–H and O–H groups in total. The van der Waals surface area contributed by atoms with Crippen LogP contribution in [0.1, 0.15) is 37.7 Å². The zero-order chi connectivity index (χ0) is 27.6. The molecule has 0 spiro atoms. The molecule has 0 amide bonds. The number of halogens is 2. The van der Waals surface area contributed by atoms with Gasteiger partial charge in [-0.25, -0.2) is 9.97 Å². The van der Waals surface area contributed by atoms with Crippen LogP contribution in [0.25, 0.3) is 10.9 Å². The summed E-state index contributed by atoms with van der Waals surface area (Å²) in [4.78, 5) is 14.8. The Labute approximate surface area is 243 Å². The first-order valence-electron chi connectivity index (χ1n) is 13.7. The Kier molecular flexibility index (Phi) is 11.0. The minimum absolute atomic E-state index is 0.0931. The number of benzene rings is 2. The molecule has 1 atom stereocenters. The third-order valence-corrected chi connectivity index (χ3v) is 7.44. The highest BCUT2D eigenvalue weighted by Crippen LogP contribution is 2.32. The second kappa shape index (κ2) is 14.6. The topological polar surface area (TPSA) is 44.3 Å². The molecule has 0 saturated carbocycles. The van der Waals surface area contributed by atoms with Gasteiger partial charge in [0.1, 0.15) is 11.6 Å². The van der Waals surface area contributed by atoms with Crippen LogP contribution in [-0.2, 0) is 6.54 Å². The number of allylic oxidation sites excluding steroid dienone is 3. The summed E-state index contributed by atoms with van der Waals surface area (Å²) in [6, 6.07) is 16.5. The van der Waals surface area contributed by atoms with Crippen LogP contribution in [0.2, 0.25) is 5.02 Å². The highest BCUT2D eigenvalue weighted by atomic mass is 35.5. The molecule has 2 heterocycles. The van der Waals surface area contributed by atoms with Crippen molar-refractivity contribution in [3.05, 3.63) is 101 Å². The Hall–Kier alpha value is -2.70. The van der Waals surface area contributed by atoms with Crippen molar-refractivity contribution >= 4 is 39.9 Å². The van der Waals surface area contributed by atoms with Gasteiger partial charge < -0.3 is 5.32 Å². The van der Waals surface area contributed by atoms with Gasteiger partial charge in [-0.05, 0) is 47.7 Å².